The molecule has 0 saturated carbocycles. The molecule has 1 rings (SSSR count). The fourth-order valence-corrected chi connectivity index (χ4v) is 1.97. The van der Waals surface area contributed by atoms with Crippen LogP contribution in [0.4, 0.5) is 5.69 Å². The summed E-state index contributed by atoms with van der Waals surface area (Å²) in [6.07, 6.45) is 2.14. The average Bonchev–Trinajstić information content (AvgIpc) is 2.48. The van der Waals surface area contributed by atoms with E-state index in [4.69, 9.17) is 0 Å². The summed E-state index contributed by atoms with van der Waals surface area (Å²) in [5.41, 5.74) is 2.03. The van der Waals surface area contributed by atoms with E-state index in [9.17, 15) is 9.59 Å². The molecule has 0 fully saturated rings. The first-order valence-corrected chi connectivity index (χ1v) is 7.27. The summed E-state index contributed by atoms with van der Waals surface area (Å²) in [7, 11) is 1.34. The molecule has 0 atom stereocenters. The van der Waals surface area contributed by atoms with Crippen molar-refractivity contribution in [3.8, 4) is 0 Å². The van der Waals surface area contributed by atoms with E-state index in [2.05, 4.69) is 17.0 Å². The number of anilines is 1. The molecule has 1 aromatic rings. The molecule has 0 unspecified atom stereocenters. The van der Waals surface area contributed by atoms with Crippen molar-refractivity contribution in [3.05, 3.63) is 29.8 Å². The van der Waals surface area contributed by atoms with Crippen LogP contribution in [0.1, 0.15) is 25.8 Å². The van der Waals surface area contributed by atoms with Gasteiger partial charge in [-0.05, 0) is 30.7 Å². The third-order valence-electron chi connectivity index (χ3n) is 3.17. The van der Waals surface area contributed by atoms with E-state index in [0.717, 1.165) is 18.5 Å². The highest BCUT2D eigenvalue weighted by Gasteiger charge is 2.13. The van der Waals surface area contributed by atoms with Crippen LogP contribution in [0.3, 0.4) is 0 Å². The lowest BCUT2D eigenvalue weighted by Crippen LogP contribution is -2.37. The van der Waals surface area contributed by atoms with E-state index < -0.39 is 0 Å². The van der Waals surface area contributed by atoms with E-state index in [-0.39, 0.29) is 25.0 Å². The van der Waals surface area contributed by atoms with Gasteiger partial charge in [0, 0.05) is 5.69 Å². The van der Waals surface area contributed by atoms with E-state index >= 15 is 0 Å². The Morgan fingerprint density at radius 1 is 1.14 bits per heavy atom. The first-order valence-electron chi connectivity index (χ1n) is 7.27. The Hall–Kier alpha value is -1.88. The number of benzene rings is 1. The predicted molar refractivity (Wildman–Crippen MR) is 83.2 cm³/mol. The summed E-state index contributed by atoms with van der Waals surface area (Å²) in [6.45, 7) is 4.93. The van der Waals surface area contributed by atoms with Gasteiger partial charge in [-0.1, -0.05) is 32.4 Å². The largest absolute Gasteiger partial charge is 0.468 e. The number of rotatable bonds is 8. The van der Waals surface area contributed by atoms with Gasteiger partial charge in [0.05, 0.1) is 20.2 Å². The zero-order valence-electron chi connectivity index (χ0n) is 13.0. The van der Waals surface area contributed by atoms with Crippen molar-refractivity contribution in [3.63, 3.8) is 0 Å². The van der Waals surface area contributed by atoms with Gasteiger partial charge < -0.3 is 10.1 Å². The van der Waals surface area contributed by atoms with Crippen LogP contribution in [-0.4, -0.2) is 43.5 Å². The third kappa shape index (κ3) is 6.40. The van der Waals surface area contributed by atoms with Crippen LogP contribution in [0.15, 0.2) is 24.3 Å². The van der Waals surface area contributed by atoms with Crippen molar-refractivity contribution in [2.75, 3.05) is 32.1 Å². The molecule has 0 saturated heterocycles. The molecule has 0 spiro atoms. The molecule has 0 radical (unpaired) electrons. The van der Waals surface area contributed by atoms with E-state index in [1.807, 2.05) is 31.2 Å². The van der Waals surface area contributed by atoms with Gasteiger partial charge in [-0.25, -0.2) is 0 Å². The minimum atomic E-state index is -0.339. The standard InChI is InChI=1S/C16H24N2O3/c1-4-6-13-7-9-14(10-8-13)17-15(19)11-18(5-2)12-16(20)21-3/h7-10H,4-6,11-12H2,1-3H3,(H,17,19). The van der Waals surface area contributed by atoms with Gasteiger partial charge in [0.2, 0.25) is 5.91 Å². The molecule has 1 aromatic carbocycles. The molecule has 116 valence electrons. The quantitative estimate of drug-likeness (QED) is 0.745. The summed E-state index contributed by atoms with van der Waals surface area (Å²) >= 11 is 0. The first-order chi connectivity index (χ1) is 10.1. The van der Waals surface area contributed by atoms with Crippen molar-refractivity contribution in [2.45, 2.75) is 26.7 Å². The minimum Gasteiger partial charge on any atom is -0.468 e. The van der Waals surface area contributed by atoms with Gasteiger partial charge in [-0.3, -0.25) is 14.5 Å². The highest BCUT2D eigenvalue weighted by molar-refractivity contribution is 5.92. The number of nitrogens with zero attached hydrogens (tertiary/aromatic N) is 1. The van der Waals surface area contributed by atoms with Gasteiger partial charge in [0.1, 0.15) is 0 Å². The average molecular weight is 292 g/mol. The maximum absolute atomic E-state index is 12.0. The molecule has 0 aromatic heterocycles. The van der Waals surface area contributed by atoms with E-state index in [1.165, 1.54) is 12.7 Å². The fraction of sp³-hybridized carbons (Fsp3) is 0.500. The number of aryl methyl sites for hydroxylation is 1. The van der Waals surface area contributed by atoms with Crippen molar-refractivity contribution in [2.24, 2.45) is 0 Å². The van der Waals surface area contributed by atoms with Crippen LogP contribution in [0.25, 0.3) is 0 Å². The summed E-state index contributed by atoms with van der Waals surface area (Å²) in [5, 5.41) is 2.83. The molecule has 5 nitrogen and oxygen atoms in total. The Kier molecular flexibility index (Phi) is 7.46. The van der Waals surface area contributed by atoms with E-state index in [0.29, 0.717) is 6.54 Å². The molecular formula is C16H24N2O3. The predicted octanol–water partition coefficient (Wildman–Crippen LogP) is 2.07. The lowest BCUT2D eigenvalue weighted by Gasteiger charge is -2.18. The second-order valence-electron chi connectivity index (χ2n) is 4.87. The SMILES string of the molecule is CCCc1ccc(NC(=O)CN(CC)CC(=O)OC)cc1. The summed E-state index contributed by atoms with van der Waals surface area (Å²) in [5.74, 6) is -0.474. The topological polar surface area (TPSA) is 58.6 Å². The summed E-state index contributed by atoms with van der Waals surface area (Å²) in [6, 6.07) is 7.84. The number of ether oxygens (including phenoxy) is 1. The molecule has 1 amide bonds. The van der Waals surface area contributed by atoms with Crippen LogP contribution >= 0.6 is 0 Å². The maximum Gasteiger partial charge on any atom is 0.319 e. The van der Waals surface area contributed by atoms with Gasteiger partial charge >= 0.3 is 5.97 Å². The van der Waals surface area contributed by atoms with Crippen LogP contribution < -0.4 is 5.32 Å². The summed E-state index contributed by atoms with van der Waals surface area (Å²) in [4.78, 5) is 24.9. The van der Waals surface area contributed by atoms with Crippen molar-refractivity contribution >= 4 is 17.6 Å². The lowest BCUT2D eigenvalue weighted by molar-refractivity contribution is -0.142. The Labute approximate surface area is 126 Å². The van der Waals surface area contributed by atoms with Gasteiger partial charge in [0.15, 0.2) is 0 Å². The first kappa shape index (κ1) is 17.2. The molecular weight excluding hydrogens is 268 g/mol. The second-order valence-corrected chi connectivity index (χ2v) is 4.87. The van der Waals surface area contributed by atoms with Crippen molar-refractivity contribution < 1.29 is 14.3 Å². The van der Waals surface area contributed by atoms with Crippen LogP contribution in [0.5, 0.6) is 0 Å². The molecule has 21 heavy (non-hydrogen) atoms. The number of carbonyl (C=O) groups is 2. The normalized spacial score (nSPS) is 10.5. The van der Waals surface area contributed by atoms with Crippen LogP contribution in [-0.2, 0) is 20.7 Å². The number of amides is 1. The van der Waals surface area contributed by atoms with Crippen molar-refractivity contribution in [1.82, 2.24) is 4.90 Å². The van der Waals surface area contributed by atoms with Crippen LogP contribution in [0, 0.1) is 0 Å². The third-order valence-corrected chi connectivity index (χ3v) is 3.17. The minimum absolute atomic E-state index is 0.121. The number of carbonyl (C=O) groups excluding carboxylic acids is 2. The molecule has 0 aliphatic carbocycles. The molecule has 0 aliphatic heterocycles. The Morgan fingerprint density at radius 3 is 2.33 bits per heavy atom. The number of methoxy groups -OCH3 is 1. The smallest absolute Gasteiger partial charge is 0.319 e. The number of likely N-dealkylation sites (N-methyl/N-ethyl adjacent to an activating group) is 1. The number of esters is 1. The molecule has 0 bridgehead atoms. The Morgan fingerprint density at radius 2 is 1.81 bits per heavy atom. The zero-order chi connectivity index (χ0) is 15.7. The Balaban J connectivity index is 2.49. The number of hydrogen-bond acceptors (Lipinski definition) is 4. The Bertz CT molecular complexity index is 457. The monoisotopic (exact) mass is 292 g/mol. The number of nitrogens with one attached hydrogen (secondary N) is 1. The number of hydrogen-bond donors (Lipinski definition) is 1. The lowest BCUT2D eigenvalue weighted by atomic mass is 10.1. The zero-order valence-corrected chi connectivity index (χ0v) is 13.0. The molecule has 1 N–H and O–H groups in total. The second kappa shape index (κ2) is 9.13. The van der Waals surface area contributed by atoms with Crippen molar-refractivity contribution in [1.29, 1.82) is 0 Å². The molecule has 5 heteroatoms. The van der Waals surface area contributed by atoms with Crippen LogP contribution in [0.2, 0.25) is 0 Å². The van der Waals surface area contributed by atoms with Gasteiger partial charge in [-0.15, -0.1) is 0 Å². The molecule has 0 heterocycles. The van der Waals surface area contributed by atoms with Gasteiger partial charge in [0.25, 0.3) is 0 Å². The maximum atomic E-state index is 12.0. The summed E-state index contributed by atoms with van der Waals surface area (Å²) < 4.78 is 4.61. The highest BCUT2D eigenvalue weighted by atomic mass is 16.5. The highest BCUT2D eigenvalue weighted by Crippen LogP contribution is 2.11. The molecule has 0 aliphatic rings. The fourth-order valence-electron chi connectivity index (χ4n) is 1.97. The van der Waals surface area contributed by atoms with Gasteiger partial charge in [-0.2, -0.15) is 0 Å². The van der Waals surface area contributed by atoms with E-state index in [1.54, 1.807) is 4.90 Å².